The van der Waals surface area contributed by atoms with Gasteiger partial charge < -0.3 is 4.74 Å². The average molecular weight is 233 g/mol. The van der Waals surface area contributed by atoms with E-state index in [1.54, 1.807) is 0 Å². The van der Waals surface area contributed by atoms with E-state index in [1.165, 1.54) is 12.0 Å². The summed E-state index contributed by atoms with van der Waals surface area (Å²) in [5.41, 5.74) is 2.65. The molecule has 0 N–H and O–H groups in total. The number of hydrogen-bond acceptors (Lipinski definition) is 2. The Kier molecular flexibility index (Phi) is 4.32. The Labute approximate surface area is 103 Å². The van der Waals surface area contributed by atoms with Crippen LogP contribution in [0.5, 0.6) is 0 Å². The molecular weight excluding hydrogens is 214 g/mol. The van der Waals surface area contributed by atoms with E-state index in [-0.39, 0.29) is 5.92 Å². The van der Waals surface area contributed by atoms with Crippen LogP contribution in [0.15, 0.2) is 36.5 Å². The first-order valence-corrected chi connectivity index (χ1v) is 5.61. The first-order valence-electron chi connectivity index (χ1n) is 5.61. The average Bonchev–Trinajstić information content (AvgIpc) is 2.31. The summed E-state index contributed by atoms with van der Waals surface area (Å²) in [7, 11) is 1.37. The quantitative estimate of drug-likeness (QED) is 0.796. The molecule has 0 heterocycles. The summed E-state index contributed by atoms with van der Waals surface area (Å²) in [4.78, 5) is 13.3. The van der Waals surface area contributed by atoms with Gasteiger partial charge in [-0.3, -0.25) is 4.90 Å². The molecule has 1 rings (SSSR count). The van der Waals surface area contributed by atoms with Gasteiger partial charge >= 0.3 is 6.09 Å². The van der Waals surface area contributed by atoms with Crippen LogP contribution in [0.25, 0.3) is 0 Å². The van der Waals surface area contributed by atoms with Crippen molar-refractivity contribution in [3.05, 3.63) is 42.1 Å². The Morgan fingerprint density at radius 2 is 1.82 bits per heavy atom. The molecule has 1 aromatic carbocycles. The standard InChI is InChI=1S/C14H19NO2/c1-10(2)12(4)15(14(16)17-5)13-8-6-11(3)7-9-13/h6-10H,4H2,1-3,5H3. The topological polar surface area (TPSA) is 29.5 Å². The SMILES string of the molecule is C=C(C(C)C)N(C(=O)OC)c1ccc(C)cc1. The Hall–Kier alpha value is -1.77. The number of benzene rings is 1. The minimum Gasteiger partial charge on any atom is -0.452 e. The fourth-order valence-electron chi connectivity index (χ4n) is 1.43. The molecule has 0 saturated heterocycles. The Balaban J connectivity index is 3.10. The fraction of sp³-hybridized carbons (Fsp3) is 0.357. The van der Waals surface area contributed by atoms with Crippen molar-refractivity contribution in [2.24, 2.45) is 5.92 Å². The van der Waals surface area contributed by atoms with Gasteiger partial charge in [-0.1, -0.05) is 38.1 Å². The Morgan fingerprint density at radius 1 is 1.29 bits per heavy atom. The summed E-state index contributed by atoms with van der Waals surface area (Å²) in [5.74, 6) is 0.176. The minimum absolute atomic E-state index is 0.176. The molecule has 0 aliphatic rings. The lowest BCUT2D eigenvalue weighted by atomic mass is 10.1. The molecule has 92 valence electrons. The molecule has 1 aromatic rings. The number of nitrogens with zero attached hydrogens (tertiary/aromatic N) is 1. The van der Waals surface area contributed by atoms with Crippen molar-refractivity contribution in [2.75, 3.05) is 12.0 Å². The van der Waals surface area contributed by atoms with Crippen LogP contribution in [-0.4, -0.2) is 13.2 Å². The molecule has 3 heteroatoms. The first-order chi connectivity index (χ1) is 7.97. The van der Waals surface area contributed by atoms with Crippen LogP contribution < -0.4 is 4.90 Å². The van der Waals surface area contributed by atoms with Crippen LogP contribution in [0.2, 0.25) is 0 Å². The third-order valence-corrected chi connectivity index (χ3v) is 2.60. The zero-order chi connectivity index (χ0) is 13.0. The minimum atomic E-state index is -0.410. The summed E-state index contributed by atoms with van der Waals surface area (Å²) < 4.78 is 4.79. The third kappa shape index (κ3) is 3.09. The number of amides is 1. The summed E-state index contributed by atoms with van der Waals surface area (Å²) in [6.07, 6.45) is -0.410. The molecule has 17 heavy (non-hydrogen) atoms. The largest absolute Gasteiger partial charge is 0.452 e. The number of ether oxygens (including phenoxy) is 1. The predicted molar refractivity (Wildman–Crippen MR) is 70.0 cm³/mol. The van der Waals surface area contributed by atoms with Crippen LogP contribution in [0.3, 0.4) is 0 Å². The van der Waals surface area contributed by atoms with Gasteiger partial charge in [0.2, 0.25) is 0 Å². The molecule has 0 fully saturated rings. The molecule has 0 radical (unpaired) electrons. The van der Waals surface area contributed by atoms with Crippen molar-refractivity contribution >= 4 is 11.8 Å². The van der Waals surface area contributed by atoms with Gasteiger partial charge in [0.25, 0.3) is 0 Å². The van der Waals surface area contributed by atoms with Gasteiger partial charge in [0, 0.05) is 5.70 Å². The summed E-state index contributed by atoms with van der Waals surface area (Å²) >= 11 is 0. The summed E-state index contributed by atoms with van der Waals surface area (Å²) in [6, 6.07) is 7.69. The van der Waals surface area contributed by atoms with Crippen molar-refractivity contribution in [2.45, 2.75) is 20.8 Å². The maximum absolute atomic E-state index is 11.8. The van der Waals surface area contributed by atoms with E-state index in [1.807, 2.05) is 45.0 Å². The molecule has 0 atom stereocenters. The number of hydrogen-bond donors (Lipinski definition) is 0. The van der Waals surface area contributed by atoms with E-state index in [2.05, 4.69) is 6.58 Å². The van der Waals surface area contributed by atoms with Crippen LogP contribution in [0.1, 0.15) is 19.4 Å². The van der Waals surface area contributed by atoms with Crippen molar-refractivity contribution in [3.8, 4) is 0 Å². The molecule has 0 unspecified atom stereocenters. The van der Waals surface area contributed by atoms with Crippen LogP contribution >= 0.6 is 0 Å². The highest BCUT2D eigenvalue weighted by Gasteiger charge is 2.21. The normalized spacial score (nSPS) is 10.2. The molecule has 0 aliphatic heterocycles. The monoisotopic (exact) mass is 233 g/mol. The Morgan fingerprint density at radius 3 is 2.24 bits per heavy atom. The third-order valence-electron chi connectivity index (χ3n) is 2.60. The highest BCUT2D eigenvalue weighted by molar-refractivity contribution is 5.91. The molecule has 0 saturated carbocycles. The molecular formula is C14H19NO2. The van der Waals surface area contributed by atoms with E-state index >= 15 is 0 Å². The summed E-state index contributed by atoms with van der Waals surface area (Å²) in [5, 5.41) is 0. The Bertz CT molecular complexity index is 407. The van der Waals surface area contributed by atoms with E-state index in [0.717, 1.165) is 16.9 Å². The number of aryl methyl sites for hydroxylation is 1. The first kappa shape index (κ1) is 13.3. The number of carbonyl (C=O) groups excluding carboxylic acids is 1. The molecule has 0 spiro atoms. The lowest BCUT2D eigenvalue weighted by Gasteiger charge is -2.25. The maximum atomic E-state index is 11.8. The van der Waals surface area contributed by atoms with Crippen LogP contribution in [-0.2, 0) is 4.74 Å². The van der Waals surface area contributed by atoms with E-state index < -0.39 is 6.09 Å². The smallest absolute Gasteiger partial charge is 0.418 e. The van der Waals surface area contributed by atoms with Gasteiger partial charge in [0.05, 0.1) is 12.8 Å². The van der Waals surface area contributed by atoms with Gasteiger partial charge in [-0.25, -0.2) is 4.79 Å². The number of anilines is 1. The number of allylic oxidation sites excluding steroid dienone is 1. The van der Waals surface area contributed by atoms with Gasteiger partial charge in [0.15, 0.2) is 0 Å². The number of carbonyl (C=O) groups is 1. The van der Waals surface area contributed by atoms with Crippen molar-refractivity contribution in [1.29, 1.82) is 0 Å². The molecule has 0 aliphatic carbocycles. The zero-order valence-electron chi connectivity index (χ0n) is 10.9. The van der Waals surface area contributed by atoms with Crippen molar-refractivity contribution in [3.63, 3.8) is 0 Å². The number of methoxy groups -OCH3 is 1. The second-order valence-electron chi connectivity index (χ2n) is 4.29. The van der Waals surface area contributed by atoms with Gasteiger partial charge in [-0.2, -0.15) is 0 Å². The predicted octanol–water partition coefficient (Wildman–Crippen LogP) is 3.74. The molecule has 1 amide bonds. The lowest BCUT2D eigenvalue weighted by molar-refractivity contribution is 0.180. The molecule has 0 aromatic heterocycles. The highest BCUT2D eigenvalue weighted by atomic mass is 16.5. The van der Waals surface area contributed by atoms with E-state index in [0.29, 0.717) is 0 Å². The van der Waals surface area contributed by atoms with Crippen LogP contribution in [0, 0.1) is 12.8 Å². The second-order valence-corrected chi connectivity index (χ2v) is 4.29. The highest BCUT2D eigenvalue weighted by Crippen LogP contribution is 2.24. The van der Waals surface area contributed by atoms with Gasteiger partial charge in [-0.05, 0) is 25.0 Å². The lowest BCUT2D eigenvalue weighted by Crippen LogP contribution is -2.31. The maximum Gasteiger partial charge on any atom is 0.418 e. The van der Waals surface area contributed by atoms with Gasteiger partial charge in [-0.15, -0.1) is 0 Å². The van der Waals surface area contributed by atoms with E-state index in [4.69, 9.17) is 4.74 Å². The second kappa shape index (κ2) is 5.53. The van der Waals surface area contributed by atoms with Crippen molar-refractivity contribution in [1.82, 2.24) is 0 Å². The molecule has 0 bridgehead atoms. The van der Waals surface area contributed by atoms with E-state index in [9.17, 15) is 4.79 Å². The number of rotatable bonds is 3. The van der Waals surface area contributed by atoms with Gasteiger partial charge in [0.1, 0.15) is 0 Å². The zero-order valence-corrected chi connectivity index (χ0v) is 10.9. The molecule has 3 nitrogen and oxygen atoms in total. The summed E-state index contributed by atoms with van der Waals surface area (Å²) in [6.45, 7) is 9.94. The van der Waals surface area contributed by atoms with Crippen molar-refractivity contribution < 1.29 is 9.53 Å². The fourth-order valence-corrected chi connectivity index (χ4v) is 1.43. The van der Waals surface area contributed by atoms with Crippen LogP contribution in [0.4, 0.5) is 10.5 Å².